The SMILES string of the molecule is C=CC(C)c1ccc([Si](C)(C)O)cc1. The summed E-state index contributed by atoms with van der Waals surface area (Å²) in [5.74, 6) is 0.382. The first-order chi connectivity index (χ1) is 6.45. The van der Waals surface area contributed by atoms with E-state index in [4.69, 9.17) is 0 Å². The third-order valence-electron chi connectivity index (χ3n) is 2.50. The topological polar surface area (TPSA) is 20.2 Å². The number of rotatable bonds is 3. The van der Waals surface area contributed by atoms with E-state index in [2.05, 4.69) is 25.6 Å². The van der Waals surface area contributed by atoms with Crippen LogP contribution in [0.3, 0.4) is 0 Å². The van der Waals surface area contributed by atoms with Crippen LogP contribution in [0.15, 0.2) is 36.9 Å². The summed E-state index contributed by atoms with van der Waals surface area (Å²) in [6.45, 7) is 9.74. The number of allylic oxidation sites excluding steroid dienone is 1. The summed E-state index contributed by atoms with van der Waals surface area (Å²) < 4.78 is 0. The average molecular weight is 206 g/mol. The minimum atomic E-state index is -2.13. The first-order valence-electron chi connectivity index (χ1n) is 4.90. The summed E-state index contributed by atoms with van der Waals surface area (Å²) in [5.41, 5.74) is 1.25. The van der Waals surface area contributed by atoms with Crippen LogP contribution in [0.2, 0.25) is 13.1 Å². The van der Waals surface area contributed by atoms with Gasteiger partial charge in [0.15, 0.2) is 0 Å². The monoisotopic (exact) mass is 206 g/mol. The highest BCUT2D eigenvalue weighted by Crippen LogP contribution is 2.14. The summed E-state index contributed by atoms with van der Waals surface area (Å²) in [6, 6.07) is 8.21. The predicted molar refractivity (Wildman–Crippen MR) is 64.4 cm³/mol. The van der Waals surface area contributed by atoms with Crippen molar-refractivity contribution in [2.75, 3.05) is 0 Å². The maximum atomic E-state index is 9.89. The van der Waals surface area contributed by atoms with E-state index in [1.165, 1.54) is 5.56 Å². The van der Waals surface area contributed by atoms with Crippen molar-refractivity contribution in [1.82, 2.24) is 0 Å². The second-order valence-electron chi connectivity index (χ2n) is 4.21. The van der Waals surface area contributed by atoms with E-state index in [0.29, 0.717) is 5.92 Å². The molecule has 0 amide bonds. The van der Waals surface area contributed by atoms with Gasteiger partial charge < -0.3 is 4.80 Å². The maximum Gasteiger partial charge on any atom is 0.213 e. The average Bonchev–Trinajstić information content (AvgIpc) is 2.15. The first kappa shape index (κ1) is 11.2. The lowest BCUT2D eigenvalue weighted by atomic mass is 10.0. The van der Waals surface area contributed by atoms with Gasteiger partial charge in [0.05, 0.1) is 0 Å². The van der Waals surface area contributed by atoms with Gasteiger partial charge in [0, 0.05) is 0 Å². The Bertz CT molecular complexity index is 308. The highest BCUT2D eigenvalue weighted by molar-refractivity contribution is 6.83. The summed E-state index contributed by atoms with van der Waals surface area (Å²) >= 11 is 0. The molecule has 0 heterocycles. The van der Waals surface area contributed by atoms with Crippen molar-refractivity contribution in [3.8, 4) is 0 Å². The molecule has 0 saturated heterocycles. The van der Waals surface area contributed by atoms with Gasteiger partial charge in [-0.05, 0) is 29.8 Å². The van der Waals surface area contributed by atoms with Crippen LogP contribution in [-0.4, -0.2) is 13.1 Å². The van der Waals surface area contributed by atoms with E-state index >= 15 is 0 Å². The third-order valence-corrected chi connectivity index (χ3v) is 4.24. The van der Waals surface area contributed by atoms with Gasteiger partial charge in [-0.15, -0.1) is 6.58 Å². The Hall–Kier alpha value is -0.863. The van der Waals surface area contributed by atoms with Crippen LogP contribution in [-0.2, 0) is 0 Å². The van der Waals surface area contributed by atoms with Gasteiger partial charge in [0.25, 0.3) is 0 Å². The van der Waals surface area contributed by atoms with Crippen LogP contribution >= 0.6 is 0 Å². The van der Waals surface area contributed by atoms with Crippen molar-refractivity contribution < 1.29 is 4.80 Å². The Morgan fingerprint density at radius 2 is 1.79 bits per heavy atom. The van der Waals surface area contributed by atoms with E-state index in [-0.39, 0.29) is 0 Å². The van der Waals surface area contributed by atoms with Gasteiger partial charge >= 0.3 is 0 Å². The standard InChI is InChI=1S/C12H18OSi/c1-5-10(2)11-6-8-12(9-7-11)14(3,4)13/h5-10,13H,1H2,2-4H3. The zero-order chi connectivity index (χ0) is 10.8. The summed E-state index contributed by atoms with van der Waals surface area (Å²) in [5, 5.41) is 1.08. The molecule has 1 aromatic rings. The molecule has 0 aliphatic carbocycles. The highest BCUT2D eigenvalue weighted by Gasteiger charge is 2.19. The molecule has 76 valence electrons. The Balaban J connectivity index is 2.95. The molecule has 1 N–H and O–H groups in total. The van der Waals surface area contributed by atoms with Crippen molar-refractivity contribution >= 4 is 13.5 Å². The van der Waals surface area contributed by atoms with Crippen molar-refractivity contribution in [2.45, 2.75) is 25.9 Å². The van der Waals surface area contributed by atoms with Crippen LogP contribution in [0.1, 0.15) is 18.4 Å². The summed E-state index contributed by atoms with van der Waals surface area (Å²) in [7, 11) is -2.13. The Morgan fingerprint density at radius 3 is 2.14 bits per heavy atom. The smallest absolute Gasteiger partial charge is 0.213 e. The van der Waals surface area contributed by atoms with Crippen LogP contribution in [0.5, 0.6) is 0 Å². The van der Waals surface area contributed by atoms with Gasteiger partial charge in [0.1, 0.15) is 0 Å². The first-order valence-corrected chi connectivity index (χ1v) is 7.85. The molecule has 2 heteroatoms. The van der Waals surface area contributed by atoms with E-state index in [9.17, 15) is 4.80 Å². The molecule has 0 bridgehead atoms. The number of hydrogen-bond acceptors (Lipinski definition) is 1. The number of hydrogen-bond donors (Lipinski definition) is 1. The van der Waals surface area contributed by atoms with Crippen LogP contribution in [0, 0.1) is 0 Å². The van der Waals surface area contributed by atoms with Gasteiger partial charge in [-0.1, -0.05) is 37.3 Å². The molecule has 1 unspecified atom stereocenters. The molecule has 0 fully saturated rings. The lowest BCUT2D eigenvalue weighted by Gasteiger charge is -2.15. The molecular weight excluding hydrogens is 188 g/mol. The summed E-state index contributed by atoms with van der Waals surface area (Å²) in [4.78, 5) is 9.89. The Labute approximate surface area is 87.2 Å². The van der Waals surface area contributed by atoms with Gasteiger partial charge in [-0.25, -0.2) is 0 Å². The van der Waals surface area contributed by atoms with Crippen molar-refractivity contribution in [3.63, 3.8) is 0 Å². The molecule has 1 atom stereocenters. The Kier molecular flexibility index (Phi) is 3.29. The molecule has 1 nitrogen and oxygen atoms in total. The quantitative estimate of drug-likeness (QED) is 0.595. The fourth-order valence-electron chi connectivity index (χ4n) is 1.33. The van der Waals surface area contributed by atoms with Crippen LogP contribution in [0.4, 0.5) is 0 Å². The van der Waals surface area contributed by atoms with E-state index in [1.807, 2.05) is 31.3 Å². The van der Waals surface area contributed by atoms with Crippen molar-refractivity contribution in [1.29, 1.82) is 0 Å². The molecule has 0 aromatic heterocycles. The third kappa shape index (κ3) is 2.56. The molecule has 0 spiro atoms. The molecule has 0 radical (unpaired) electrons. The predicted octanol–water partition coefficient (Wildman–Crippen LogP) is 2.38. The molecule has 0 aliphatic rings. The molecule has 0 aliphatic heterocycles. The van der Waals surface area contributed by atoms with Gasteiger partial charge in [0.2, 0.25) is 8.32 Å². The normalized spacial score (nSPS) is 13.7. The zero-order valence-electron chi connectivity index (χ0n) is 9.12. The molecule has 0 saturated carbocycles. The van der Waals surface area contributed by atoms with E-state index in [1.54, 1.807) is 0 Å². The van der Waals surface area contributed by atoms with E-state index < -0.39 is 8.32 Å². The lowest BCUT2D eigenvalue weighted by molar-refractivity contribution is 0.568. The zero-order valence-corrected chi connectivity index (χ0v) is 10.1. The fraction of sp³-hybridized carbons (Fsp3) is 0.333. The number of benzene rings is 1. The Morgan fingerprint density at radius 1 is 1.29 bits per heavy atom. The highest BCUT2D eigenvalue weighted by atomic mass is 28.4. The fourth-order valence-corrected chi connectivity index (χ4v) is 2.31. The molecule has 14 heavy (non-hydrogen) atoms. The van der Waals surface area contributed by atoms with Crippen molar-refractivity contribution in [2.24, 2.45) is 0 Å². The van der Waals surface area contributed by atoms with Crippen LogP contribution < -0.4 is 5.19 Å². The minimum Gasteiger partial charge on any atom is -0.428 e. The largest absolute Gasteiger partial charge is 0.428 e. The molecule has 1 rings (SSSR count). The molecular formula is C12H18OSi. The summed E-state index contributed by atoms with van der Waals surface area (Å²) in [6.07, 6.45) is 1.93. The maximum absolute atomic E-state index is 9.89. The van der Waals surface area contributed by atoms with Gasteiger partial charge in [-0.3, -0.25) is 0 Å². The lowest BCUT2D eigenvalue weighted by Crippen LogP contribution is -2.41. The van der Waals surface area contributed by atoms with Crippen LogP contribution in [0.25, 0.3) is 0 Å². The second kappa shape index (κ2) is 4.11. The second-order valence-corrected chi connectivity index (χ2v) is 7.90. The van der Waals surface area contributed by atoms with Gasteiger partial charge in [-0.2, -0.15) is 0 Å². The molecule has 1 aromatic carbocycles. The van der Waals surface area contributed by atoms with E-state index in [0.717, 1.165) is 5.19 Å². The van der Waals surface area contributed by atoms with Crippen molar-refractivity contribution in [3.05, 3.63) is 42.5 Å². The minimum absolute atomic E-state index is 0.382.